The average Bonchev–Trinajstić information content (AvgIpc) is 2.15. The summed E-state index contributed by atoms with van der Waals surface area (Å²) in [6.45, 7) is 8.92. The Morgan fingerprint density at radius 3 is 2.60 bits per heavy atom. The Morgan fingerprint density at radius 1 is 1.40 bits per heavy atom. The minimum absolute atomic E-state index is 0.0480. The van der Waals surface area contributed by atoms with Crippen molar-refractivity contribution >= 4 is 5.82 Å². The third kappa shape index (κ3) is 3.08. The molecule has 0 aliphatic carbocycles. The van der Waals surface area contributed by atoms with E-state index in [0.717, 1.165) is 6.54 Å². The Labute approximate surface area is 90.3 Å². The number of aromatic nitrogens is 2. The van der Waals surface area contributed by atoms with Gasteiger partial charge in [-0.05, 0) is 19.8 Å². The van der Waals surface area contributed by atoms with Crippen LogP contribution in [0, 0.1) is 5.92 Å². The molecule has 1 heterocycles. The van der Waals surface area contributed by atoms with Crippen LogP contribution in [0.1, 0.15) is 33.7 Å². The summed E-state index contributed by atoms with van der Waals surface area (Å²) in [6.07, 6.45) is 3.37. The van der Waals surface area contributed by atoms with Crippen molar-refractivity contribution in [1.82, 2.24) is 9.55 Å². The van der Waals surface area contributed by atoms with Crippen LogP contribution >= 0.6 is 0 Å². The summed E-state index contributed by atoms with van der Waals surface area (Å²) in [5.74, 6) is 0.943. The van der Waals surface area contributed by atoms with E-state index < -0.39 is 0 Å². The molecule has 4 heteroatoms. The molecule has 4 nitrogen and oxygen atoms in total. The van der Waals surface area contributed by atoms with Crippen LogP contribution in [0.25, 0.3) is 0 Å². The lowest BCUT2D eigenvalue weighted by Crippen LogP contribution is -2.26. The van der Waals surface area contributed by atoms with Gasteiger partial charge in [0.2, 0.25) is 0 Å². The van der Waals surface area contributed by atoms with E-state index in [-0.39, 0.29) is 11.6 Å². The van der Waals surface area contributed by atoms with E-state index in [4.69, 9.17) is 0 Å². The van der Waals surface area contributed by atoms with Crippen LogP contribution in [0.15, 0.2) is 17.2 Å². The number of hydrogen-bond donors (Lipinski definition) is 1. The minimum Gasteiger partial charge on any atom is -0.365 e. The lowest BCUT2D eigenvalue weighted by Gasteiger charge is -2.12. The van der Waals surface area contributed by atoms with Crippen molar-refractivity contribution in [3.05, 3.63) is 22.7 Å². The molecule has 0 saturated carbocycles. The molecule has 1 aromatic rings. The van der Waals surface area contributed by atoms with Gasteiger partial charge in [-0.15, -0.1) is 0 Å². The van der Waals surface area contributed by atoms with Crippen molar-refractivity contribution in [3.63, 3.8) is 0 Å². The van der Waals surface area contributed by atoms with Crippen LogP contribution in [-0.4, -0.2) is 16.1 Å². The lowest BCUT2D eigenvalue weighted by molar-refractivity contribution is 0.574. The fourth-order valence-electron chi connectivity index (χ4n) is 1.25. The van der Waals surface area contributed by atoms with Gasteiger partial charge in [-0.3, -0.25) is 4.79 Å². The molecule has 15 heavy (non-hydrogen) atoms. The summed E-state index contributed by atoms with van der Waals surface area (Å²) >= 11 is 0. The molecule has 0 aliphatic heterocycles. The molecule has 0 saturated heterocycles. The smallest absolute Gasteiger partial charge is 0.293 e. The summed E-state index contributed by atoms with van der Waals surface area (Å²) in [6, 6.07) is 0.167. The van der Waals surface area contributed by atoms with Crippen molar-refractivity contribution in [3.8, 4) is 0 Å². The molecular formula is C11H19N3O. The van der Waals surface area contributed by atoms with Crippen molar-refractivity contribution in [2.45, 2.75) is 33.7 Å². The monoisotopic (exact) mass is 209 g/mol. The molecule has 0 radical (unpaired) electrons. The van der Waals surface area contributed by atoms with E-state index in [1.165, 1.54) is 0 Å². The van der Waals surface area contributed by atoms with Gasteiger partial charge in [-0.1, -0.05) is 13.8 Å². The van der Waals surface area contributed by atoms with Gasteiger partial charge in [0.05, 0.1) is 0 Å². The van der Waals surface area contributed by atoms with Gasteiger partial charge in [-0.2, -0.15) is 0 Å². The van der Waals surface area contributed by atoms with Crippen molar-refractivity contribution < 1.29 is 0 Å². The van der Waals surface area contributed by atoms with Gasteiger partial charge in [0.1, 0.15) is 0 Å². The highest BCUT2D eigenvalue weighted by molar-refractivity contribution is 5.30. The molecule has 1 aromatic heterocycles. The molecule has 1 N–H and O–H groups in total. The number of nitrogens with zero attached hydrogens (tertiary/aromatic N) is 2. The molecule has 0 spiro atoms. The predicted molar refractivity (Wildman–Crippen MR) is 62.2 cm³/mol. The van der Waals surface area contributed by atoms with Crippen LogP contribution in [0.4, 0.5) is 5.82 Å². The largest absolute Gasteiger partial charge is 0.365 e. The number of hydrogen-bond acceptors (Lipinski definition) is 3. The first-order valence-corrected chi connectivity index (χ1v) is 5.33. The van der Waals surface area contributed by atoms with E-state index in [9.17, 15) is 4.79 Å². The zero-order chi connectivity index (χ0) is 11.4. The van der Waals surface area contributed by atoms with Gasteiger partial charge in [0.25, 0.3) is 5.56 Å². The molecule has 0 amide bonds. The first-order valence-electron chi connectivity index (χ1n) is 5.33. The molecule has 0 atom stereocenters. The van der Waals surface area contributed by atoms with Crippen LogP contribution in [0.5, 0.6) is 0 Å². The third-order valence-electron chi connectivity index (χ3n) is 2.10. The number of anilines is 1. The molecule has 0 fully saturated rings. The molecular weight excluding hydrogens is 190 g/mol. The zero-order valence-corrected chi connectivity index (χ0v) is 9.82. The molecule has 1 rings (SSSR count). The third-order valence-corrected chi connectivity index (χ3v) is 2.10. The summed E-state index contributed by atoms with van der Waals surface area (Å²) in [5, 5.41) is 3.06. The van der Waals surface area contributed by atoms with Crippen molar-refractivity contribution in [2.24, 2.45) is 5.92 Å². The maximum atomic E-state index is 11.9. The van der Waals surface area contributed by atoms with E-state index in [0.29, 0.717) is 11.7 Å². The van der Waals surface area contributed by atoms with Crippen molar-refractivity contribution in [1.29, 1.82) is 0 Å². The van der Waals surface area contributed by atoms with Gasteiger partial charge in [0, 0.05) is 25.0 Å². The van der Waals surface area contributed by atoms with E-state index in [2.05, 4.69) is 24.1 Å². The van der Waals surface area contributed by atoms with Crippen molar-refractivity contribution in [2.75, 3.05) is 11.9 Å². The molecule has 0 aliphatic rings. The maximum Gasteiger partial charge on any atom is 0.293 e. The Hall–Kier alpha value is -1.32. The van der Waals surface area contributed by atoms with Gasteiger partial charge < -0.3 is 9.88 Å². The fourth-order valence-corrected chi connectivity index (χ4v) is 1.25. The molecule has 0 unspecified atom stereocenters. The van der Waals surface area contributed by atoms with Crippen LogP contribution in [0.3, 0.4) is 0 Å². The van der Waals surface area contributed by atoms with Gasteiger partial charge in [-0.25, -0.2) is 4.98 Å². The molecule has 0 aromatic carbocycles. The molecule has 0 bridgehead atoms. The molecule has 84 valence electrons. The van der Waals surface area contributed by atoms with Crippen LogP contribution in [-0.2, 0) is 0 Å². The Bertz CT molecular complexity index is 368. The van der Waals surface area contributed by atoms with Gasteiger partial charge in [0.15, 0.2) is 5.82 Å². The predicted octanol–water partition coefficient (Wildman–Crippen LogP) is 1.89. The quantitative estimate of drug-likeness (QED) is 0.823. The topological polar surface area (TPSA) is 46.9 Å². The highest BCUT2D eigenvalue weighted by atomic mass is 16.1. The second kappa shape index (κ2) is 4.96. The Kier molecular flexibility index (Phi) is 3.88. The van der Waals surface area contributed by atoms with E-state index in [1.54, 1.807) is 17.0 Å². The highest BCUT2D eigenvalue weighted by Gasteiger charge is 2.06. The maximum absolute atomic E-state index is 11.9. The van der Waals surface area contributed by atoms with Gasteiger partial charge >= 0.3 is 0 Å². The second-order valence-electron chi connectivity index (χ2n) is 4.36. The van der Waals surface area contributed by atoms with Crippen LogP contribution in [0.2, 0.25) is 0 Å². The van der Waals surface area contributed by atoms with E-state index in [1.807, 2.05) is 13.8 Å². The zero-order valence-electron chi connectivity index (χ0n) is 9.82. The first kappa shape index (κ1) is 11.8. The standard InChI is InChI=1S/C11H19N3O/c1-8(2)7-13-10-11(15)14(9(3)4)6-5-12-10/h5-6,8-9H,7H2,1-4H3,(H,12,13). The summed E-state index contributed by atoms with van der Waals surface area (Å²) in [5.41, 5.74) is -0.0480. The first-order chi connectivity index (χ1) is 7.02. The summed E-state index contributed by atoms with van der Waals surface area (Å²) < 4.78 is 1.68. The number of nitrogens with one attached hydrogen (secondary N) is 1. The van der Waals surface area contributed by atoms with E-state index >= 15 is 0 Å². The second-order valence-corrected chi connectivity index (χ2v) is 4.36. The SMILES string of the molecule is CC(C)CNc1nccn(C(C)C)c1=O. The lowest BCUT2D eigenvalue weighted by atomic mass is 10.2. The Balaban J connectivity index is 2.90. The highest BCUT2D eigenvalue weighted by Crippen LogP contribution is 2.02. The normalized spacial score (nSPS) is 11.1. The Morgan fingerprint density at radius 2 is 2.07 bits per heavy atom. The average molecular weight is 209 g/mol. The van der Waals surface area contributed by atoms with Crippen LogP contribution < -0.4 is 10.9 Å². The summed E-state index contributed by atoms with van der Waals surface area (Å²) in [7, 11) is 0. The number of rotatable bonds is 4. The minimum atomic E-state index is -0.0480. The fraction of sp³-hybridized carbons (Fsp3) is 0.636. The summed E-state index contributed by atoms with van der Waals surface area (Å²) in [4.78, 5) is 15.9.